The fourth-order valence-electron chi connectivity index (χ4n) is 1.10. The molecular formula is C11H6O6. The molecule has 0 aromatic heterocycles. The number of benzene rings is 1. The SMILES string of the molecule is O=C1C=C(OOC(=O)c2ccccc2)C(=O)O1. The Labute approximate surface area is 95.3 Å². The van der Waals surface area contributed by atoms with E-state index in [0.29, 0.717) is 0 Å². The van der Waals surface area contributed by atoms with Gasteiger partial charge in [-0.15, -0.1) is 0 Å². The Morgan fingerprint density at radius 3 is 2.41 bits per heavy atom. The largest absolute Gasteiger partial charge is 0.387 e. The van der Waals surface area contributed by atoms with Gasteiger partial charge in [0.2, 0.25) is 0 Å². The van der Waals surface area contributed by atoms with Crippen molar-refractivity contribution in [3.8, 4) is 0 Å². The second-order valence-corrected chi connectivity index (χ2v) is 3.04. The summed E-state index contributed by atoms with van der Waals surface area (Å²) in [5.74, 6) is -3.09. The molecule has 0 saturated carbocycles. The molecule has 0 atom stereocenters. The van der Waals surface area contributed by atoms with Crippen molar-refractivity contribution in [3.63, 3.8) is 0 Å². The second kappa shape index (κ2) is 4.48. The molecule has 2 rings (SSSR count). The van der Waals surface area contributed by atoms with Crippen LogP contribution in [0.4, 0.5) is 0 Å². The van der Waals surface area contributed by atoms with E-state index in [1.54, 1.807) is 18.2 Å². The van der Waals surface area contributed by atoms with Gasteiger partial charge in [-0.25, -0.2) is 19.3 Å². The van der Waals surface area contributed by atoms with Crippen molar-refractivity contribution < 1.29 is 28.9 Å². The first-order chi connectivity index (χ1) is 8.16. The average molecular weight is 234 g/mol. The van der Waals surface area contributed by atoms with E-state index in [1.165, 1.54) is 12.1 Å². The lowest BCUT2D eigenvalue weighted by Crippen LogP contribution is -2.09. The fraction of sp³-hybridized carbons (Fsp3) is 0. The third-order valence-corrected chi connectivity index (χ3v) is 1.86. The summed E-state index contributed by atoms with van der Waals surface area (Å²) in [7, 11) is 0. The summed E-state index contributed by atoms with van der Waals surface area (Å²) in [4.78, 5) is 41.7. The lowest BCUT2D eigenvalue weighted by Gasteiger charge is -2.02. The first kappa shape index (κ1) is 10.9. The molecule has 1 aliphatic heterocycles. The van der Waals surface area contributed by atoms with Crippen LogP contribution in [0.15, 0.2) is 42.2 Å². The zero-order valence-electron chi connectivity index (χ0n) is 8.41. The molecule has 1 aromatic rings. The fourth-order valence-corrected chi connectivity index (χ4v) is 1.10. The van der Waals surface area contributed by atoms with E-state index < -0.39 is 23.7 Å². The molecule has 17 heavy (non-hydrogen) atoms. The van der Waals surface area contributed by atoms with E-state index in [2.05, 4.69) is 14.5 Å². The third-order valence-electron chi connectivity index (χ3n) is 1.86. The van der Waals surface area contributed by atoms with Gasteiger partial charge in [-0.1, -0.05) is 18.2 Å². The maximum Gasteiger partial charge on any atom is 0.387 e. The van der Waals surface area contributed by atoms with Crippen molar-refractivity contribution in [2.45, 2.75) is 0 Å². The maximum atomic E-state index is 11.4. The number of esters is 2. The van der Waals surface area contributed by atoms with Gasteiger partial charge in [-0.2, -0.15) is 0 Å². The molecule has 0 bridgehead atoms. The summed E-state index contributed by atoms with van der Waals surface area (Å²) in [5.41, 5.74) is 0.255. The molecule has 0 unspecified atom stereocenters. The van der Waals surface area contributed by atoms with Gasteiger partial charge in [-0.05, 0) is 12.1 Å². The van der Waals surface area contributed by atoms with E-state index in [9.17, 15) is 14.4 Å². The van der Waals surface area contributed by atoms with Crippen LogP contribution < -0.4 is 0 Å². The molecule has 0 aliphatic carbocycles. The Hall–Kier alpha value is -2.63. The number of rotatable bonds is 3. The Bertz CT molecular complexity index is 502. The van der Waals surface area contributed by atoms with Gasteiger partial charge in [0.15, 0.2) is 0 Å². The summed E-state index contributed by atoms with van der Waals surface area (Å²) in [6, 6.07) is 8.04. The molecule has 0 fully saturated rings. The summed E-state index contributed by atoms with van der Waals surface area (Å²) in [6.45, 7) is 0. The third kappa shape index (κ3) is 2.49. The number of hydrogen-bond acceptors (Lipinski definition) is 6. The molecule has 86 valence electrons. The highest BCUT2D eigenvalue weighted by Crippen LogP contribution is 2.11. The van der Waals surface area contributed by atoms with Crippen LogP contribution >= 0.6 is 0 Å². The van der Waals surface area contributed by atoms with Gasteiger partial charge in [0, 0.05) is 0 Å². The molecule has 6 nitrogen and oxygen atoms in total. The van der Waals surface area contributed by atoms with Crippen LogP contribution in [0, 0.1) is 0 Å². The predicted molar refractivity (Wildman–Crippen MR) is 52.1 cm³/mol. The minimum atomic E-state index is -0.990. The predicted octanol–water partition coefficient (Wildman–Crippen LogP) is 0.742. The molecule has 0 amide bonds. The highest BCUT2D eigenvalue weighted by Gasteiger charge is 2.28. The Morgan fingerprint density at radius 1 is 1.12 bits per heavy atom. The summed E-state index contributed by atoms with van der Waals surface area (Å²) >= 11 is 0. The highest BCUT2D eigenvalue weighted by atomic mass is 17.2. The molecule has 1 aliphatic rings. The highest BCUT2D eigenvalue weighted by molar-refractivity contribution is 6.07. The van der Waals surface area contributed by atoms with E-state index in [-0.39, 0.29) is 5.56 Å². The zero-order chi connectivity index (χ0) is 12.3. The van der Waals surface area contributed by atoms with Crippen LogP contribution in [0.2, 0.25) is 0 Å². The van der Waals surface area contributed by atoms with Gasteiger partial charge in [0.25, 0.3) is 5.76 Å². The molecule has 6 heteroatoms. The molecule has 0 radical (unpaired) electrons. The second-order valence-electron chi connectivity index (χ2n) is 3.04. The quantitative estimate of drug-likeness (QED) is 0.332. The lowest BCUT2D eigenvalue weighted by atomic mass is 10.2. The van der Waals surface area contributed by atoms with Crippen LogP contribution in [-0.4, -0.2) is 17.9 Å². The Morgan fingerprint density at radius 2 is 1.82 bits per heavy atom. The van der Waals surface area contributed by atoms with E-state index in [4.69, 9.17) is 0 Å². The van der Waals surface area contributed by atoms with Crippen molar-refractivity contribution in [2.24, 2.45) is 0 Å². The van der Waals surface area contributed by atoms with Crippen LogP contribution in [-0.2, 0) is 24.1 Å². The monoisotopic (exact) mass is 234 g/mol. The maximum absolute atomic E-state index is 11.4. The molecule has 0 saturated heterocycles. The van der Waals surface area contributed by atoms with Gasteiger partial charge >= 0.3 is 17.9 Å². The van der Waals surface area contributed by atoms with Gasteiger partial charge < -0.3 is 4.74 Å². The van der Waals surface area contributed by atoms with E-state index >= 15 is 0 Å². The zero-order valence-corrected chi connectivity index (χ0v) is 8.41. The first-order valence-electron chi connectivity index (χ1n) is 4.58. The standard InChI is InChI=1S/C11H6O6/c12-9-6-8(11(14)15-9)16-17-10(13)7-4-2-1-3-5-7/h1-6H. The lowest BCUT2D eigenvalue weighted by molar-refractivity contribution is -0.210. The molecule has 0 N–H and O–H groups in total. The topological polar surface area (TPSA) is 78.9 Å². The smallest absolute Gasteiger partial charge is 0.384 e. The first-order valence-corrected chi connectivity index (χ1v) is 4.58. The number of ether oxygens (including phenoxy) is 1. The summed E-state index contributed by atoms with van der Waals surface area (Å²) in [5, 5.41) is 0. The summed E-state index contributed by atoms with van der Waals surface area (Å²) in [6.07, 6.45) is 0.792. The average Bonchev–Trinajstić information content (AvgIpc) is 2.66. The van der Waals surface area contributed by atoms with Crippen LogP contribution in [0.5, 0.6) is 0 Å². The molecule has 1 heterocycles. The number of carbonyl (C=O) groups is 3. The molecule has 1 aromatic carbocycles. The normalized spacial score (nSPS) is 14.0. The van der Waals surface area contributed by atoms with Crippen LogP contribution in [0.25, 0.3) is 0 Å². The van der Waals surface area contributed by atoms with Crippen LogP contribution in [0.3, 0.4) is 0 Å². The van der Waals surface area contributed by atoms with Crippen molar-refractivity contribution in [3.05, 3.63) is 47.7 Å². The van der Waals surface area contributed by atoms with Gasteiger partial charge in [0.05, 0.1) is 11.6 Å². The van der Waals surface area contributed by atoms with E-state index in [0.717, 1.165) is 6.08 Å². The van der Waals surface area contributed by atoms with Gasteiger partial charge in [0.1, 0.15) is 0 Å². The Kier molecular flexibility index (Phi) is 2.87. The van der Waals surface area contributed by atoms with Gasteiger partial charge in [-0.3, -0.25) is 4.89 Å². The Balaban J connectivity index is 1.96. The van der Waals surface area contributed by atoms with Crippen molar-refractivity contribution in [1.29, 1.82) is 0 Å². The van der Waals surface area contributed by atoms with Crippen molar-refractivity contribution in [1.82, 2.24) is 0 Å². The molecular weight excluding hydrogens is 228 g/mol. The number of hydrogen-bond donors (Lipinski definition) is 0. The van der Waals surface area contributed by atoms with Crippen molar-refractivity contribution in [2.75, 3.05) is 0 Å². The number of carbonyl (C=O) groups excluding carboxylic acids is 3. The van der Waals surface area contributed by atoms with E-state index in [1.807, 2.05) is 0 Å². The number of cyclic esters (lactones) is 2. The summed E-state index contributed by atoms with van der Waals surface area (Å²) < 4.78 is 4.13. The minimum Gasteiger partial charge on any atom is -0.384 e. The van der Waals surface area contributed by atoms with Crippen LogP contribution in [0.1, 0.15) is 10.4 Å². The minimum absolute atomic E-state index is 0.255. The van der Waals surface area contributed by atoms with Crippen molar-refractivity contribution >= 4 is 17.9 Å². The molecule has 0 spiro atoms.